The van der Waals surface area contributed by atoms with Crippen molar-refractivity contribution in [3.63, 3.8) is 0 Å². The van der Waals surface area contributed by atoms with Crippen LogP contribution in [0.1, 0.15) is 5.56 Å². The van der Waals surface area contributed by atoms with Crippen LogP contribution in [0.3, 0.4) is 0 Å². The summed E-state index contributed by atoms with van der Waals surface area (Å²) in [6, 6.07) is 7.73. The van der Waals surface area contributed by atoms with Gasteiger partial charge in [0.1, 0.15) is 5.58 Å². The summed E-state index contributed by atoms with van der Waals surface area (Å²) in [5, 5.41) is 9.70. The number of nitrogens with zero attached hydrogens (tertiary/aromatic N) is 1. The minimum atomic E-state index is -0.824. The van der Waals surface area contributed by atoms with E-state index in [0.717, 1.165) is 16.5 Å². The van der Waals surface area contributed by atoms with Crippen LogP contribution in [0.2, 0.25) is 0 Å². The predicted octanol–water partition coefficient (Wildman–Crippen LogP) is 1.95. The lowest BCUT2D eigenvalue weighted by Gasteiger charge is -2.12. The fourth-order valence-corrected chi connectivity index (χ4v) is 1.73. The summed E-state index contributed by atoms with van der Waals surface area (Å²) < 4.78 is 5.38. The van der Waals surface area contributed by atoms with Crippen LogP contribution < -0.4 is 0 Å². The third-order valence-corrected chi connectivity index (χ3v) is 2.41. The number of likely N-dealkylation sites (N-methyl/N-ethyl adjacent to an activating group) is 1. The number of fused-ring (bicyclic) bond motifs is 1. The first-order chi connectivity index (χ1) is 7.66. The molecule has 0 amide bonds. The number of rotatable bonds is 4. The Morgan fingerprint density at radius 1 is 1.44 bits per heavy atom. The van der Waals surface area contributed by atoms with Gasteiger partial charge in [-0.15, -0.1) is 0 Å². The maximum atomic E-state index is 10.5. The van der Waals surface area contributed by atoms with E-state index < -0.39 is 5.97 Å². The van der Waals surface area contributed by atoms with E-state index in [1.54, 1.807) is 18.2 Å². The Hall–Kier alpha value is -1.81. The molecule has 16 heavy (non-hydrogen) atoms. The zero-order chi connectivity index (χ0) is 11.5. The quantitative estimate of drug-likeness (QED) is 0.853. The standard InChI is InChI=1S/C12H13NO3/c1-13(7-12(14)15)6-9-8-16-11-5-3-2-4-10(9)11/h2-5,8H,6-7H2,1H3,(H,14,15). The molecule has 0 aliphatic rings. The Bertz CT molecular complexity index is 504. The third-order valence-electron chi connectivity index (χ3n) is 2.41. The van der Waals surface area contributed by atoms with Gasteiger partial charge >= 0.3 is 5.97 Å². The van der Waals surface area contributed by atoms with Crippen LogP contribution in [-0.4, -0.2) is 29.6 Å². The van der Waals surface area contributed by atoms with Crippen molar-refractivity contribution in [2.75, 3.05) is 13.6 Å². The highest BCUT2D eigenvalue weighted by Gasteiger charge is 2.09. The average Bonchev–Trinajstić information content (AvgIpc) is 2.61. The molecule has 0 radical (unpaired) electrons. The van der Waals surface area contributed by atoms with Gasteiger partial charge in [0.2, 0.25) is 0 Å². The molecular weight excluding hydrogens is 206 g/mol. The molecule has 1 N–H and O–H groups in total. The smallest absolute Gasteiger partial charge is 0.317 e. The molecule has 1 heterocycles. The molecule has 0 bridgehead atoms. The molecule has 0 atom stereocenters. The Morgan fingerprint density at radius 2 is 2.19 bits per heavy atom. The van der Waals surface area contributed by atoms with Gasteiger partial charge in [-0.3, -0.25) is 9.69 Å². The summed E-state index contributed by atoms with van der Waals surface area (Å²) in [5.41, 5.74) is 1.85. The van der Waals surface area contributed by atoms with Crippen LogP contribution in [0.25, 0.3) is 11.0 Å². The monoisotopic (exact) mass is 219 g/mol. The SMILES string of the molecule is CN(CC(=O)O)Cc1coc2ccccc12. The van der Waals surface area contributed by atoms with Crippen molar-refractivity contribution in [3.8, 4) is 0 Å². The molecule has 2 aromatic rings. The molecule has 1 aromatic carbocycles. The van der Waals surface area contributed by atoms with Crippen LogP contribution in [0, 0.1) is 0 Å². The van der Waals surface area contributed by atoms with Gasteiger partial charge in [0.25, 0.3) is 0 Å². The molecule has 2 rings (SSSR count). The summed E-state index contributed by atoms with van der Waals surface area (Å²) in [4.78, 5) is 12.3. The average molecular weight is 219 g/mol. The minimum Gasteiger partial charge on any atom is -0.480 e. The first-order valence-corrected chi connectivity index (χ1v) is 5.02. The molecule has 0 saturated heterocycles. The van der Waals surface area contributed by atoms with E-state index in [0.29, 0.717) is 6.54 Å². The van der Waals surface area contributed by atoms with Crippen LogP contribution in [-0.2, 0) is 11.3 Å². The fourth-order valence-electron chi connectivity index (χ4n) is 1.73. The van der Waals surface area contributed by atoms with Gasteiger partial charge in [-0.05, 0) is 13.1 Å². The zero-order valence-electron chi connectivity index (χ0n) is 9.01. The zero-order valence-corrected chi connectivity index (χ0v) is 9.01. The molecule has 0 aliphatic carbocycles. The normalized spacial score (nSPS) is 11.1. The number of carbonyl (C=O) groups is 1. The van der Waals surface area contributed by atoms with Crippen LogP contribution in [0.15, 0.2) is 34.9 Å². The molecule has 84 valence electrons. The lowest BCUT2D eigenvalue weighted by atomic mass is 10.2. The van der Waals surface area contributed by atoms with E-state index >= 15 is 0 Å². The van der Waals surface area contributed by atoms with Gasteiger partial charge in [0, 0.05) is 17.5 Å². The maximum Gasteiger partial charge on any atom is 0.317 e. The number of hydrogen-bond donors (Lipinski definition) is 1. The number of furan rings is 1. The molecule has 4 heteroatoms. The molecule has 1 aromatic heterocycles. The van der Waals surface area contributed by atoms with Crippen LogP contribution >= 0.6 is 0 Å². The van der Waals surface area contributed by atoms with Crippen molar-refractivity contribution < 1.29 is 14.3 Å². The topological polar surface area (TPSA) is 53.7 Å². The van der Waals surface area contributed by atoms with Gasteiger partial charge in [-0.1, -0.05) is 18.2 Å². The predicted molar refractivity (Wildman–Crippen MR) is 60.2 cm³/mol. The highest BCUT2D eigenvalue weighted by molar-refractivity contribution is 5.80. The van der Waals surface area contributed by atoms with Crippen LogP contribution in [0.4, 0.5) is 0 Å². The van der Waals surface area contributed by atoms with E-state index in [1.807, 2.05) is 24.3 Å². The van der Waals surface area contributed by atoms with Gasteiger partial charge < -0.3 is 9.52 Å². The molecular formula is C12H13NO3. The van der Waals surface area contributed by atoms with Gasteiger partial charge in [-0.2, -0.15) is 0 Å². The van der Waals surface area contributed by atoms with Crippen molar-refractivity contribution in [2.24, 2.45) is 0 Å². The fraction of sp³-hybridized carbons (Fsp3) is 0.250. The second-order valence-electron chi connectivity index (χ2n) is 3.82. The Balaban J connectivity index is 2.18. The Labute approximate surface area is 93.1 Å². The molecule has 0 saturated carbocycles. The number of carboxylic acids is 1. The molecule has 0 unspecified atom stereocenters. The molecule has 0 spiro atoms. The largest absolute Gasteiger partial charge is 0.480 e. The van der Waals surface area contributed by atoms with E-state index in [-0.39, 0.29) is 6.54 Å². The second kappa shape index (κ2) is 4.37. The lowest BCUT2D eigenvalue weighted by molar-refractivity contribution is -0.138. The number of hydrogen-bond acceptors (Lipinski definition) is 3. The lowest BCUT2D eigenvalue weighted by Crippen LogP contribution is -2.24. The number of aliphatic carboxylic acids is 1. The van der Waals surface area contributed by atoms with Crippen molar-refractivity contribution in [1.29, 1.82) is 0 Å². The molecule has 0 aliphatic heterocycles. The van der Waals surface area contributed by atoms with E-state index in [1.165, 1.54) is 0 Å². The summed E-state index contributed by atoms with van der Waals surface area (Å²) in [6.07, 6.45) is 1.68. The van der Waals surface area contributed by atoms with Gasteiger partial charge in [0.15, 0.2) is 0 Å². The number of para-hydroxylation sites is 1. The van der Waals surface area contributed by atoms with E-state index in [4.69, 9.17) is 9.52 Å². The number of carboxylic acid groups (broad SMARTS) is 1. The van der Waals surface area contributed by atoms with Gasteiger partial charge in [-0.25, -0.2) is 0 Å². The first kappa shape index (κ1) is 10.7. The molecule has 4 nitrogen and oxygen atoms in total. The second-order valence-corrected chi connectivity index (χ2v) is 3.82. The Kier molecular flexibility index (Phi) is 2.92. The Morgan fingerprint density at radius 3 is 2.94 bits per heavy atom. The summed E-state index contributed by atoms with van der Waals surface area (Å²) >= 11 is 0. The van der Waals surface area contributed by atoms with Crippen molar-refractivity contribution in [2.45, 2.75) is 6.54 Å². The highest BCUT2D eigenvalue weighted by atomic mass is 16.4. The molecule has 0 fully saturated rings. The minimum absolute atomic E-state index is 0.0273. The first-order valence-electron chi connectivity index (χ1n) is 5.02. The summed E-state index contributed by atoms with van der Waals surface area (Å²) in [7, 11) is 1.77. The van der Waals surface area contributed by atoms with Crippen molar-refractivity contribution in [1.82, 2.24) is 4.90 Å². The number of benzene rings is 1. The van der Waals surface area contributed by atoms with Crippen LogP contribution in [0.5, 0.6) is 0 Å². The van der Waals surface area contributed by atoms with Crippen molar-refractivity contribution in [3.05, 3.63) is 36.1 Å². The maximum absolute atomic E-state index is 10.5. The van der Waals surface area contributed by atoms with Crippen molar-refractivity contribution >= 4 is 16.9 Å². The van der Waals surface area contributed by atoms with Gasteiger partial charge in [0.05, 0.1) is 12.8 Å². The van der Waals surface area contributed by atoms with E-state index in [9.17, 15) is 4.79 Å². The summed E-state index contributed by atoms with van der Waals surface area (Å²) in [5.74, 6) is -0.824. The highest BCUT2D eigenvalue weighted by Crippen LogP contribution is 2.21. The summed E-state index contributed by atoms with van der Waals surface area (Å²) in [6.45, 7) is 0.600. The third kappa shape index (κ3) is 2.23. The van der Waals surface area contributed by atoms with E-state index in [2.05, 4.69) is 0 Å².